The molecule has 0 aromatic carbocycles. The summed E-state index contributed by atoms with van der Waals surface area (Å²) in [5.41, 5.74) is 1.06. The van der Waals surface area contributed by atoms with E-state index in [1.165, 1.54) is 17.8 Å². The standard InChI is InChI=1S/C11H16N2OS2/c1-7-8(16-10(15)12-7)6-9(14)13-11(2)4-3-5-11/h3-6H2,1-2H3,(H,12,15)(H,13,14). The number of hydrogen-bond donors (Lipinski definition) is 2. The van der Waals surface area contributed by atoms with Crippen LogP contribution in [-0.4, -0.2) is 16.4 Å². The van der Waals surface area contributed by atoms with Crippen molar-refractivity contribution in [1.82, 2.24) is 10.3 Å². The van der Waals surface area contributed by atoms with Crippen LogP contribution in [0.1, 0.15) is 36.8 Å². The average molecular weight is 256 g/mol. The number of rotatable bonds is 3. The Kier molecular flexibility index (Phi) is 3.17. The highest BCUT2D eigenvalue weighted by Gasteiger charge is 2.33. The average Bonchev–Trinajstić information content (AvgIpc) is 2.42. The predicted octanol–water partition coefficient (Wildman–Crippen LogP) is 2.72. The van der Waals surface area contributed by atoms with Crippen molar-refractivity contribution >= 4 is 29.5 Å². The molecule has 1 aliphatic rings. The topological polar surface area (TPSA) is 44.9 Å². The number of thiazole rings is 1. The van der Waals surface area contributed by atoms with E-state index in [-0.39, 0.29) is 11.4 Å². The minimum atomic E-state index is 0.0444. The molecular formula is C11H16N2OS2. The van der Waals surface area contributed by atoms with Crippen molar-refractivity contribution in [2.75, 3.05) is 0 Å². The Morgan fingerprint density at radius 3 is 2.75 bits per heavy atom. The Morgan fingerprint density at radius 1 is 1.62 bits per heavy atom. The summed E-state index contributed by atoms with van der Waals surface area (Å²) in [5, 5.41) is 3.10. The van der Waals surface area contributed by atoms with Crippen LogP contribution in [0.15, 0.2) is 0 Å². The zero-order valence-electron chi connectivity index (χ0n) is 9.55. The second kappa shape index (κ2) is 4.30. The zero-order chi connectivity index (χ0) is 11.8. The molecule has 0 aliphatic heterocycles. The van der Waals surface area contributed by atoms with Crippen LogP contribution in [0, 0.1) is 10.9 Å². The van der Waals surface area contributed by atoms with Crippen LogP contribution < -0.4 is 5.32 Å². The van der Waals surface area contributed by atoms with E-state index in [1.54, 1.807) is 0 Å². The van der Waals surface area contributed by atoms with Crippen molar-refractivity contribution in [1.29, 1.82) is 0 Å². The van der Waals surface area contributed by atoms with Gasteiger partial charge in [-0.2, -0.15) is 0 Å². The van der Waals surface area contributed by atoms with Crippen LogP contribution in [0.2, 0.25) is 0 Å². The molecule has 0 saturated heterocycles. The molecule has 5 heteroatoms. The van der Waals surface area contributed by atoms with Gasteiger partial charge < -0.3 is 10.3 Å². The summed E-state index contributed by atoms with van der Waals surface area (Å²) >= 11 is 6.54. The summed E-state index contributed by atoms with van der Waals surface area (Å²) < 4.78 is 0.746. The van der Waals surface area contributed by atoms with Crippen LogP contribution >= 0.6 is 23.6 Å². The molecule has 3 nitrogen and oxygen atoms in total. The quantitative estimate of drug-likeness (QED) is 0.817. The monoisotopic (exact) mass is 256 g/mol. The van der Waals surface area contributed by atoms with Crippen LogP contribution in [-0.2, 0) is 11.2 Å². The molecule has 0 atom stereocenters. The largest absolute Gasteiger partial charge is 0.351 e. The zero-order valence-corrected chi connectivity index (χ0v) is 11.2. The molecule has 0 spiro atoms. The SMILES string of the molecule is Cc1[nH]c(=S)sc1CC(=O)NC1(C)CCC1. The number of carbonyl (C=O) groups excluding carboxylic acids is 1. The first-order valence-electron chi connectivity index (χ1n) is 5.48. The van der Waals surface area contributed by atoms with E-state index < -0.39 is 0 Å². The Bertz CT molecular complexity index is 457. The first kappa shape index (κ1) is 11.8. The molecule has 0 unspecified atom stereocenters. The highest BCUT2D eigenvalue weighted by molar-refractivity contribution is 7.73. The summed E-state index contributed by atoms with van der Waals surface area (Å²) in [6, 6.07) is 0. The van der Waals surface area contributed by atoms with E-state index in [0.29, 0.717) is 6.42 Å². The van der Waals surface area contributed by atoms with Gasteiger partial charge in [-0.25, -0.2) is 0 Å². The third-order valence-electron chi connectivity index (χ3n) is 3.14. The minimum absolute atomic E-state index is 0.0444. The van der Waals surface area contributed by atoms with Crippen molar-refractivity contribution in [3.05, 3.63) is 14.5 Å². The molecule has 1 aromatic rings. The number of amides is 1. The van der Waals surface area contributed by atoms with E-state index in [4.69, 9.17) is 12.2 Å². The van der Waals surface area contributed by atoms with Crippen LogP contribution in [0.5, 0.6) is 0 Å². The molecule has 1 heterocycles. The molecule has 16 heavy (non-hydrogen) atoms. The van der Waals surface area contributed by atoms with E-state index in [0.717, 1.165) is 27.4 Å². The molecular weight excluding hydrogens is 240 g/mol. The fraction of sp³-hybridized carbons (Fsp3) is 0.636. The normalized spacial score (nSPS) is 17.9. The number of hydrogen-bond acceptors (Lipinski definition) is 3. The summed E-state index contributed by atoms with van der Waals surface area (Å²) in [4.78, 5) is 15.9. The molecule has 1 amide bonds. The lowest BCUT2D eigenvalue weighted by Gasteiger charge is -2.39. The molecule has 1 aromatic heterocycles. The van der Waals surface area contributed by atoms with Gasteiger partial charge in [0.25, 0.3) is 0 Å². The maximum Gasteiger partial charge on any atom is 0.225 e. The van der Waals surface area contributed by atoms with Gasteiger partial charge in [0.2, 0.25) is 5.91 Å². The lowest BCUT2D eigenvalue weighted by molar-refractivity contribution is -0.123. The van der Waals surface area contributed by atoms with Gasteiger partial charge in [0, 0.05) is 16.1 Å². The molecule has 2 rings (SSSR count). The van der Waals surface area contributed by atoms with Crippen molar-refractivity contribution in [3.63, 3.8) is 0 Å². The van der Waals surface area contributed by atoms with Crippen molar-refractivity contribution < 1.29 is 4.79 Å². The van der Waals surface area contributed by atoms with Crippen LogP contribution in [0.25, 0.3) is 0 Å². The van der Waals surface area contributed by atoms with Crippen LogP contribution in [0.3, 0.4) is 0 Å². The maximum absolute atomic E-state index is 11.8. The van der Waals surface area contributed by atoms with Crippen molar-refractivity contribution in [3.8, 4) is 0 Å². The third-order valence-corrected chi connectivity index (χ3v) is 4.48. The number of carbonyl (C=O) groups is 1. The van der Waals surface area contributed by atoms with Crippen molar-refractivity contribution in [2.45, 2.75) is 45.1 Å². The fourth-order valence-electron chi connectivity index (χ4n) is 1.96. The van der Waals surface area contributed by atoms with E-state index in [2.05, 4.69) is 17.2 Å². The number of aromatic amines is 1. The Labute approximate surface area is 104 Å². The number of aromatic nitrogens is 1. The summed E-state index contributed by atoms with van der Waals surface area (Å²) in [6.45, 7) is 4.07. The highest BCUT2D eigenvalue weighted by Crippen LogP contribution is 2.31. The molecule has 88 valence electrons. The summed E-state index contributed by atoms with van der Waals surface area (Å²) in [5.74, 6) is 0.107. The van der Waals surface area contributed by atoms with Gasteiger partial charge in [0.05, 0.1) is 6.42 Å². The Balaban J connectivity index is 1.97. The van der Waals surface area contributed by atoms with Gasteiger partial charge >= 0.3 is 0 Å². The van der Waals surface area contributed by atoms with E-state index >= 15 is 0 Å². The Morgan fingerprint density at radius 2 is 2.31 bits per heavy atom. The second-order valence-corrected chi connectivity index (χ2v) is 6.47. The lowest BCUT2D eigenvalue weighted by atomic mass is 9.78. The van der Waals surface area contributed by atoms with Gasteiger partial charge in [-0.15, -0.1) is 11.3 Å². The highest BCUT2D eigenvalue weighted by atomic mass is 32.1. The summed E-state index contributed by atoms with van der Waals surface area (Å²) in [7, 11) is 0. The first-order valence-corrected chi connectivity index (χ1v) is 6.71. The molecule has 1 fully saturated rings. The minimum Gasteiger partial charge on any atom is -0.351 e. The van der Waals surface area contributed by atoms with Crippen molar-refractivity contribution in [2.24, 2.45) is 0 Å². The fourth-order valence-corrected chi connectivity index (χ4v) is 3.25. The third kappa shape index (κ3) is 2.52. The van der Waals surface area contributed by atoms with Crippen LogP contribution in [0.4, 0.5) is 0 Å². The molecule has 1 saturated carbocycles. The predicted molar refractivity (Wildman–Crippen MR) is 68.3 cm³/mol. The smallest absolute Gasteiger partial charge is 0.225 e. The first-order chi connectivity index (χ1) is 7.48. The maximum atomic E-state index is 11.8. The van der Waals surface area contributed by atoms with Gasteiger partial charge in [0.15, 0.2) is 3.95 Å². The van der Waals surface area contributed by atoms with Gasteiger partial charge in [0.1, 0.15) is 0 Å². The number of aryl methyl sites for hydroxylation is 1. The molecule has 2 N–H and O–H groups in total. The number of nitrogens with one attached hydrogen (secondary N) is 2. The molecule has 0 radical (unpaired) electrons. The van der Waals surface area contributed by atoms with Gasteiger partial charge in [-0.05, 0) is 45.3 Å². The van der Waals surface area contributed by atoms with E-state index in [1.807, 2.05) is 6.92 Å². The van der Waals surface area contributed by atoms with E-state index in [9.17, 15) is 4.79 Å². The molecule has 1 aliphatic carbocycles. The summed E-state index contributed by atoms with van der Waals surface area (Å²) in [6.07, 6.45) is 3.86. The number of H-pyrrole nitrogens is 1. The van der Waals surface area contributed by atoms with Gasteiger partial charge in [-0.1, -0.05) is 0 Å². The second-order valence-electron chi connectivity index (χ2n) is 4.70. The van der Waals surface area contributed by atoms with Gasteiger partial charge in [-0.3, -0.25) is 4.79 Å². The molecule has 0 bridgehead atoms. The lowest BCUT2D eigenvalue weighted by Crippen LogP contribution is -2.51. The Hall–Kier alpha value is -0.680.